The maximum Gasteiger partial charge on any atom is 0.416 e. The van der Waals surface area contributed by atoms with Crippen molar-refractivity contribution in [2.24, 2.45) is 0 Å². The van der Waals surface area contributed by atoms with Crippen LogP contribution in [-0.4, -0.2) is 32.5 Å². The zero-order chi connectivity index (χ0) is 20.6. The number of hydrogen-bond donors (Lipinski definition) is 1. The summed E-state index contributed by atoms with van der Waals surface area (Å²) in [4.78, 5) is 21.8. The number of benzene rings is 1. The molecule has 3 aromatic rings. The molecule has 2 aromatic heterocycles. The van der Waals surface area contributed by atoms with E-state index in [1.165, 1.54) is 18.2 Å². The highest BCUT2D eigenvalue weighted by Crippen LogP contribution is 2.30. The van der Waals surface area contributed by atoms with Crippen molar-refractivity contribution >= 4 is 5.97 Å². The fraction of sp³-hybridized carbons (Fsp3) is 0.250. The van der Waals surface area contributed by atoms with E-state index in [9.17, 15) is 18.0 Å². The lowest BCUT2D eigenvalue weighted by Gasteiger charge is -2.27. The Hall–Kier alpha value is -3.20. The monoisotopic (exact) mass is 403 g/mol. The maximum atomic E-state index is 12.7. The third kappa shape index (κ3) is 4.14. The molecule has 0 bridgehead atoms. The van der Waals surface area contributed by atoms with Crippen LogP contribution in [0, 0.1) is 0 Å². The van der Waals surface area contributed by atoms with Crippen LogP contribution in [0.3, 0.4) is 0 Å². The summed E-state index contributed by atoms with van der Waals surface area (Å²) in [7, 11) is 0. The summed E-state index contributed by atoms with van der Waals surface area (Å²) in [5.41, 5.74) is 1.60. The molecule has 150 valence electrons. The molecule has 0 saturated heterocycles. The van der Waals surface area contributed by atoms with E-state index in [1.54, 1.807) is 12.3 Å². The van der Waals surface area contributed by atoms with Gasteiger partial charge in [0.25, 0.3) is 0 Å². The van der Waals surface area contributed by atoms with E-state index < -0.39 is 17.7 Å². The van der Waals surface area contributed by atoms with Gasteiger partial charge in [0.15, 0.2) is 5.82 Å². The molecule has 0 spiro atoms. The lowest BCUT2D eigenvalue weighted by Crippen LogP contribution is -2.30. The number of rotatable bonds is 4. The second-order valence-electron chi connectivity index (χ2n) is 6.77. The van der Waals surface area contributed by atoms with Crippen LogP contribution in [0.5, 0.6) is 0 Å². The molecule has 0 aliphatic carbocycles. The smallest absolute Gasteiger partial charge is 0.416 e. The zero-order valence-corrected chi connectivity index (χ0v) is 15.1. The second kappa shape index (κ2) is 7.32. The van der Waals surface area contributed by atoms with Gasteiger partial charge in [-0.1, -0.05) is 12.1 Å². The number of nitrogens with zero attached hydrogens (tertiary/aromatic N) is 3. The number of aromatic nitrogens is 2. The summed E-state index contributed by atoms with van der Waals surface area (Å²) in [6.45, 7) is 1.73. The van der Waals surface area contributed by atoms with Crippen LogP contribution in [-0.2, 0) is 25.7 Å². The van der Waals surface area contributed by atoms with Gasteiger partial charge >= 0.3 is 12.1 Å². The summed E-state index contributed by atoms with van der Waals surface area (Å²) in [6, 6.07) is 7.86. The van der Waals surface area contributed by atoms with E-state index in [-0.39, 0.29) is 5.76 Å². The minimum atomic E-state index is -4.38. The molecule has 9 heteroatoms. The number of alkyl halides is 3. The summed E-state index contributed by atoms with van der Waals surface area (Å²) in [5.74, 6) is -0.248. The SMILES string of the molecule is O=C(O)c1ccc(CN2CCc3nc(-c4ccc(C(F)(F)F)cc4)ncc3C2)o1. The van der Waals surface area contributed by atoms with Crippen molar-refractivity contribution in [2.75, 3.05) is 6.54 Å². The standard InChI is InChI=1S/C20H16F3N3O3/c21-20(22,23)14-3-1-12(2-4-14)18-24-9-13-10-26(8-7-16(13)25-18)11-15-5-6-17(29-15)19(27)28/h1-6,9H,7-8,10-11H2,(H,27,28). The summed E-state index contributed by atoms with van der Waals surface area (Å²) in [5, 5.41) is 8.93. The van der Waals surface area contributed by atoms with Gasteiger partial charge in [-0.3, -0.25) is 4.90 Å². The van der Waals surface area contributed by atoms with Crippen LogP contribution < -0.4 is 0 Å². The van der Waals surface area contributed by atoms with E-state index in [2.05, 4.69) is 14.9 Å². The lowest BCUT2D eigenvalue weighted by molar-refractivity contribution is -0.137. The normalized spacial score (nSPS) is 14.6. The molecule has 6 nitrogen and oxygen atoms in total. The minimum Gasteiger partial charge on any atom is -0.475 e. The number of carboxylic acids is 1. The van der Waals surface area contributed by atoms with Crippen molar-refractivity contribution in [1.82, 2.24) is 14.9 Å². The Morgan fingerprint density at radius 1 is 1.17 bits per heavy atom. The molecule has 3 heterocycles. The van der Waals surface area contributed by atoms with E-state index >= 15 is 0 Å². The predicted molar refractivity (Wildman–Crippen MR) is 96.0 cm³/mol. The van der Waals surface area contributed by atoms with Gasteiger partial charge < -0.3 is 9.52 Å². The summed E-state index contributed by atoms with van der Waals surface area (Å²) in [6.07, 6.45) is -2.04. The highest BCUT2D eigenvalue weighted by atomic mass is 19.4. The van der Waals surface area contributed by atoms with E-state index in [0.717, 1.165) is 23.4 Å². The predicted octanol–water partition coefficient (Wildman–Crippen LogP) is 4.01. The minimum absolute atomic E-state index is 0.0954. The van der Waals surface area contributed by atoms with Gasteiger partial charge in [0, 0.05) is 36.8 Å². The van der Waals surface area contributed by atoms with Gasteiger partial charge in [-0.2, -0.15) is 13.2 Å². The van der Waals surface area contributed by atoms with E-state index in [4.69, 9.17) is 9.52 Å². The fourth-order valence-corrected chi connectivity index (χ4v) is 3.26. The molecule has 0 radical (unpaired) electrons. The number of carbonyl (C=O) groups is 1. The Morgan fingerprint density at radius 2 is 1.93 bits per heavy atom. The van der Waals surface area contributed by atoms with Crippen molar-refractivity contribution < 1.29 is 27.5 Å². The van der Waals surface area contributed by atoms with Gasteiger partial charge in [-0.05, 0) is 24.3 Å². The number of furan rings is 1. The van der Waals surface area contributed by atoms with Gasteiger partial charge in [0.2, 0.25) is 5.76 Å². The van der Waals surface area contributed by atoms with Crippen LogP contribution in [0.25, 0.3) is 11.4 Å². The van der Waals surface area contributed by atoms with Crippen LogP contribution in [0.1, 0.15) is 33.1 Å². The number of aromatic carboxylic acids is 1. The molecule has 1 aliphatic heterocycles. The van der Waals surface area contributed by atoms with Crippen LogP contribution in [0.2, 0.25) is 0 Å². The topological polar surface area (TPSA) is 79.5 Å². The number of fused-ring (bicyclic) bond motifs is 1. The molecule has 29 heavy (non-hydrogen) atoms. The molecular weight excluding hydrogens is 387 g/mol. The maximum absolute atomic E-state index is 12.7. The third-order valence-corrected chi connectivity index (χ3v) is 4.74. The molecule has 0 amide bonds. The van der Waals surface area contributed by atoms with E-state index in [1.807, 2.05) is 0 Å². The Bertz CT molecular complexity index is 1050. The van der Waals surface area contributed by atoms with Gasteiger partial charge in [0.05, 0.1) is 17.8 Å². The highest BCUT2D eigenvalue weighted by Gasteiger charge is 2.30. The molecule has 0 atom stereocenters. The molecule has 1 N–H and O–H groups in total. The largest absolute Gasteiger partial charge is 0.475 e. The first-order valence-corrected chi connectivity index (χ1v) is 8.86. The first kappa shape index (κ1) is 19.1. The second-order valence-corrected chi connectivity index (χ2v) is 6.77. The molecule has 1 aromatic carbocycles. The Morgan fingerprint density at radius 3 is 2.59 bits per heavy atom. The first-order chi connectivity index (χ1) is 13.8. The fourth-order valence-electron chi connectivity index (χ4n) is 3.26. The van der Waals surface area contributed by atoms with Crippen molar-refractivity contribution in [2.45, 2.75) is 25.7 Å². The third-order valence-electron chi connectivity index (χ3n) is 4.74. The zero-order valence-electron chi connectivity index (χ0n) is 15.1. The van der Waals surface area contributed by atoms with Gasteiger partial charge in [-0.15, -0.1) is 0 Å². The Labute approximate surface area is 163 Å². The van der Waals surface area contributed by atoms with Crippen molar-refractivity contribution in [1.29, 1.82) is 0 Å². The molecule has 1 aliphatic rings. The molecule has 0 saturated carbocycles. The van der Waals surface area contributed by atoms with Crippen molar-refractivity contribution in [3.63, 3.8) is 0 Å². The summed E-state index contributed by atoms with van der Waals surface area (Å²) < 4.78 is 43.4. The lowest BCUT2D eigenvalue weighted by atomic mass is 10.1. The Kier molecular flexibility index (Phi) is 4.83. The van der Waals surface area contributed by atoms with Gasteiger partial charge in [-0.25, -0.2) is 14.8 Å². The highest BCUT2D eigenvalue weighted by molar-refractivity contribution is 5.84. The van der Waals surface area contributed by atoms with Crippen LogP contribution >= 0.6 is 0 Å². The molecule has 4 rings (SSSR count). The van der Waals surface area contributed by atoms with Crippen LogP contribution in [0.4, 0.5) is 13.2 Å². The first-order valence-electron chi connectivity index (χ1n) is 8.86. The van der Waals surface area contributed by atoms with Crippen LogP contribution in [0.15, 0.2) is 47.0 Å². The number of hydrogen-bond acceptors (Lipinski definition) is 5. The van der Waals surface area contributed by atoms with Crippen molar-refractivity contribution in [3.8, 4) is 11.4 Å². The average Bonchev–Trinajstić information content (AvgIpc) is 3.16. The molecule has 0 fully saturated rings. The molecular formula is C20H16F3N3O3. The average molecular weight is 403 g/mol. The molecule has 0 unspecified atom stereocenters. The number of carboxylic acid groups (broad SMARTS) is 1. The van der Waals surface area contributed by atoms with Crippen molar-refractivity contribution in [3.05, 3.63) is 70.9 Å². The summed E-state index contributed by atoms with van der Waals surface area (Å²) >= 11 is 0. The Balaban J connectivity index is 1.47. The quantitative estimate of drug-likeness (QED) is 0.709. The number of halogens is 3. The van der Waals surface area contributed by atoms with Gasteiger partial charge in [0.1, 0.15) is 5.76 Å². The van der Waals surface area contributed by atoms with E-state index in [0.29, 0.717) is 43.2 Å².